The Morgan fingerprint density at radius 1 is 1.55 bits per heavy atom. The van der Waals surface area contributed by atoms with Gasteiger partial charge in [0.1, 0.15) is 6.20 Å². The fourth-order valence-corrected chi connectivity index (χ4v) is 1.79. The van der Waals surface area contributed by atoms with Gasteiger partial charge in [-0.2, -0.15) is 0 Å². The molecule has 1 atom stereocenters. The Kier molecular flexibility index (Phi) is 6.96. The SMILES string of the molecule is CCC(CCOC)n1cc([N+](=O)[O-])c(OCCCO)n1. The molecule has 1 aromatic heterocycles. The number of ether oxygens (including phenoxy) is 2. The highest BCUT2D eigenvalue weighted by Crippen LogP contribution is 2.28. The van der Waals surface area contributed by atoms with Crippen molar-refractivity contribution in [3.05, 3.63) is 16.3 Å². The van der Waals surface area contributed by atoms with E-state index in [9.17, 15) is 10.1 Å². The monoisotopic (exact) mass is 287 g/mol. The molecule has 0 aromatic carbocycles. The molecule has 0 spiro atoms. The zero-order chi connectivity index (χ0) is 15.0. The summed E-state index contributed by atoms with van der Waals surface area (Å²) in [5.74, 6) is -0.000633. The summed E-state index contributed by atoms with van der Waals surface area (Å²) in [5, 5.41) is 23.8. The molecule has 1 heterocycles. The predicted molar refractivity (Wildman–Crippen MR) is 71.9 cm³/mol. The van der Waals surface area contributed by atoms with E-state index < -0.39 is 4.92 Å². The fourth-order valence-electron chi connectivity index (χ4n) is 1.79. The van der Waals surface area contributed by atoms with Gasteiger partial charge in [0.25, 0.3) is 0 Å². The Balaban J connectivity index is 2.86. The van der Waals surface area contributed by atoms with E-state index in [1.54, 1.807) is 11.8 Å². The van der Waals surface area contributed by atoms with Crippen LogP contribution in [0.25, 0.3) is 0 Å². The Bertz CT molecular complexity index is 421. The van der Waals surface area contributed by atoms with Crippen molar-refractivity contribution in [1.29, 1.82) is 0 Å². The third-order valence-corrected chi connectivity index (χ3v) is 2.92. The van der Waals surface area contributed by atoms with Gasteiger partial charge in [0.05, 0.1) is 17.6 Å². The molecule has 0 saturated heterocycles. The molecule has 1 N–H and O–H groups in total. The second kappa shape index (κ2) is 8.49. The summed E-state index contributed by atoms with van der Waals surface area (Å²) in [4.78, 5) is 10.5. The molecule has 114 valence electrons. The second-order valence-electron chi connectivity index (χ2n) is 4.33. The van der Waals surface area contributed by atoms with Gasteiger partial charge in [-0.3, -0.25) is 14.8 Å². The standard InChI is InChI=1S/C12H21N3O5/c1-3-10(5-8-19-2)14-9-11(15(17)18)12(13-14)20-7-4-6-16/h9-10,16H,3-8H2,1-2H3. The highest BCUT2D eigenvalue weighted by atomic mass is 16.6. The molecular weight excluding hydrogens is 266 g/mol. The van der Waals surface area contributed by atoms with Gasteiger partial charge in [-0.25, -0.2) is 0 Å². The van der Waals surface area contributed by atoms with E-state index in [0.29, 0.717) is 13.0 Å². The van der Waals surface area contributed by atoms with Crippen LogP contribution in [0.3, 0.4) is 0 Å². The molecule has 20 heavy (non-hydrogen) atoms. The minimum atomic E-state index is -0.513. The normalized spacial score (nSPS) is 12.3. The van der Waals surface area contributed by atoms with Crippen molar-refractivity contribution in [2.24, 2.45) is 0 Å². The summed E-state index contributed by atoms with van der Waals surface area (Å²) in [6.07, 6.45) is 3.31. The maximum absolute atomic E-state index is 11.0. The van der Waals surface area contributed by atoms with Crippen molar-refractivity contribution < 1.29 is 19.5 Å². The summed E-state index contributed by atoms with van der Waals surface area (Å²) in [5.41, 5.74) is -0.154. The second-order valence-corrected chi connectivity index (χ2v) is 4.33. The van der Waals surface area contributed by atoms with Crippen LogP contribution in [0.15, 0.2) is 6.20 Å². The van der Waals surface area contributed by atoms with E-state index in [1.165, 1.54) is 6.20 Å². The Morgan fingerprint density at radius 3 is 2.85 bits per heavy atom. The third-order valence-electron chi connectivity index (χ3n) is 2.92. The summed E-state index contributed by atoms with van der Waals surface area (Å²) in [6, 6.07) is 0.0313. The van der Waals surface area contributed by atoms with Gasteiger partial charge < -0.3 is 14.6 Å². The molecule has 0 amide bonds. The van der Waals surface area contributed by atoms with Crippen LogP contribution in [-0.4, -0.2) is 46.7 Å². The topological polar surface area (TPSA) is 99.7 Å². The average Bonchev–Trinajstić information content (AvgIpc) is 2.84. The molecule has 0 aliphatic rings. The van der Waals surface area contributed by atoms with E-state index in [2.05, 4.69) is 5.10 Å². The molecule has 0 bridgehead atoms. The maximum atomic E-state index is 11.0. The van der Waals surface area contributed by atoms with Crippen LogP contribution in [0.4, 0.5) is 5.69 Å². The van der Waals surface area contributed by atoms with Crippen LogP contribution in [-0.2, 0) is 4.74 Å². The highest BCUT2D eigenvalue weighted by Gasteiger charge is 2.23. The molecular formula is C12H21N3O5. The van der Waals surface area contributed by atoms with E-state index in [-0.39, 0.29) is 30.8 Å². The van der Waals surface area contributed by atoms with Crippen LogP contribution >= 0.6 is 0 Å². The van der Waals surface area contributed by atoms with Gasteiger partial charge in [0, 0.05) is 26.7 Å². The van der Waals surface area contributed by atoms with Gasteiger partial charge in [-0.15, -0.1) is 5.10 Å². The fraction of sp³-hybridized carbons (Fsp3) is 0.750. The molecule has 0 saturated carbocycles. The minimum Gasteiger partial charge on any atom is -0.472 e. The maximum Gasteiger partial charge on any atom is 0.350 e. The molecule has 0 aliphatic carbocycles. The van der Waals surface area contributed by atoms with E-state index in [0.717, 1.165) is 12.8 Å². The Labute approximate surface area is 117 Å². The van der Waals surface area contributed by atoms with Gasteiger partial charge in [0.2, 0.25) is 0 Å². The largest absolute Gasteiger partial charge is 0.472 e. The van der Waals surface area contributed by atoms with E-state index in [1.807, 2.05) is 6.92 Å². The first kappa shape index (κ1) is 16.4. The molecule has 0 fully saturated rings. The quantitative estimate of drug-likeness (QED) is 0.398. The van der Waals surface area contributed by atoms with Gasteiger partial charge in [-0.05, 0) is 12.8 Å². The number of aliphatic hydroxyl groups excluding tert-OH is 1. The molecule has 1 unspecified atom stereocenters. The lowest BCUT2D eigenvalue weighted by atomic mass is 10.2. The molecule has 0 aliphatic heterocycles. The van der Waals surface area contributed by atoms with Crippen LogP contribution in [0, 0.1) is 10.1 Å². The smallest absolute Gasteiger partial charge is 0.350 e. The van der Waals surface area contributed by atoms with Crippen molar-refractivity contribution in [3.8, 4) is 5.88 Å². The lowest BCUT2D eigenvalue weighted by Crippen LogP contribution is -2.11. The molecule has 1 aromatic rings. The number of aliphatic hydroxyl groups is 1. The van der Waals surface area contributed by atoms with Crippen molar-refractivity contribution in [2.45, 2.75) is 32.2 Å². The average molecular weight is 287 g/mol. The lowest BCUT2D eigenvalue weighted by Gasteiger charge is -2.14. The number of hydrogen-bond acceptors (Lipinski definition) is 6. The van der Waals surface area contributed by atoms with Crippen LogP contribution in [0.5, 0.6) is 5.88 Å². The Morgan fingerprint density at radius 2 is 2.30 bits per heavy atom. The van der Waals surface area contributed by atoms with Crippen LogP contribution in [0.1, 0.15) is 32.2 Å². The summed E-state index contributed by atoms with van der Waals surface area (Å²) < 4.78 is 11.8. The number of rotatable bonds is 10. The van der Waals surface area contributed by atoms with Crippen molar-refractivity contribution >= 4 is 5.69 Å². The number of methoxy groups -OCH3 is 1. The van der Waals surface area contributed by atoms with E-state index >= 15 is 0 Å². The van der Waals surface area contributed by atoms with Crippen LogP contribution in [0.2, 0.25) is 0 Å². The first-order valence-electron chi connectivity index (χ1n) is 6.60. The molecule has 8 heteroatoms. The van der Waals surface area contributed by atoms with Gasteiger partial charge in [-0.1, -0.05) is 6.92 Å². The molecule has 1 rings (SSSR count). The van der Waals surface area contributed by atoms with E-state index in [4.69, 9.17) is 14.6 Å². The zero-order valence-corrected chi connectivity index (χ0v) is 11.8. The first-order valence-corrected chi connectivity index (χ1v) is 6.60. The van der Waals surface area contributed by atoms with Crippen molar-refractivity contribution in [3.63, 3.8) is 0 Å². The summed E-state index contributed by atoms with van der Waals surface area (Å²) in [6.45, 7) is 2.72. The minimum absolute atomic E-state index is 0.000633. The molecule has 8 nitrogen and oxygen atoms in total. The van der Waals surface area contributed by atoms with Gasteiger partial charge in [0.15, 0.2) is 0 Å². The van der Waals surface area contributed by atoms with Crippen molar-refractivity contribution in [1.82, 2.24) is 9.78 Å². The zero-order valence-electron chi connectivity index (χ0n) is 11.8. The lowest BCUT2D eigenvalue weighted by molar-refractivity contribution is -0.386. The highest BCUT2D eigenvalue weighted by molar-refractivity contribution is 5.38. The Hall–Kier alpha value is -1.67. The summed E-state index contributed by atoms with van der Waals surface area (Å²) in [7, 11) is 1.61. The third kappa shape index (κ3) is 4.46. The number of hydrogen-bond donors (Lipinski definition) is 1. The van der Waals surface area contributed by atoms with Gasteiger partial charge >= 0.3 is 11.6 Å². The summed E-state index contributed by atoms with van der Waals surface area (Å²) >= 11 is 0. The molecule has 0 radical (unpaired) electrons. The number of nitro groups is 1. The van der Waals surface area contributed by atoms with Crippen LogP contribution < -0.4 is 4.74 Å². The first-order chi connectivity index (χ1) is 9.63. The predicted octanol–water partition coefficient (Wildman–Crippen LogP) is 1.54. The number of nitrogens with zero attached hydrogens (tertiary/aromatic N) is 3. The van der Waals surface area contributed by atoms with Crippen molar-refractivity contribution in [2.75, 3.05) is 26.9 Å². The number of aromatic nitrogens is 2.